The Morgan fingerprint density at radius 3 is 2.47 bits per heavy atom. The fraction of sp³-hybridized carbons (Fsp3) is 0.571. The van der Waals surface area contributed by atoms with Crippen molar-refractivity contribution < 1.29 is 14.4 Å². The van der Waals surface area contributed by atoms with Crippen LogP contribution in [0.2, 0.25) is 0 Å². The van der Waals surface area contributed by atoms with Crippen LogP contribution in [0.25, 0.3) is 0 Å². The van der Waals surface area contributed by atoms with E-state index >= 15 is 0 Å². The van der Waals surface area contributed by atoms with Crippen LogP contribution in [0.4, 0.5) is 5.69 Å². The van der Waals surface area contributed by atoms with Gasteiger partial charge < -0.3 is 9.47 Å². The summed E-state index contributed by atoms with van der Waals surface area (Å²) in [5.41, 5.74) is 2.11. The highest BCUT2D eigenvalue weighted by Crippen LogP contribution is 2.47. The van der Waals surface area contributed by atoms with Crippen molar-refractivity contribution in [3.05, 3.63) is 26.8 Å². The van der Waals surface area contributed by atoms with Crippen LogP contribution in [-0.4, -0.2) is 17.6 Å². The lowest BCUT2D eigenvalue weighted by Crippen LogP contribution is -2.33. The van der Waals surface area contributed by atoms with Crippen molar-refractivity contribution in [2.24, 2.45) is 0 Å². The summed E-state index contributed by atoms with van der Waals surface area (Å²) in [6.45, 7) is 7.75. The standard InChI is InChI=1S/C14H19NO4/c1-8-9(2)13(18-5)11(15(16)17)10-6-7-14(3,4)19-12(8)10/h6-7H2,1-5H3. The van der Waals surface area contributed by atoms with E-state index in [1.54, 1.807) is 0 Å². The average molecular weight is 265 g/mol. The van der Waals surface area contributed by atoms with E-state index in [4.69, 9.17) is 9.47 Å². The summed E-state index contributed by atoms with van der Waals surface area (Å²) in [4.78, 5) is 11.0. The molecule has 0 aliphatic carbocycles. The molecule has 0 saturated carbocycles. The summed E-state index contributed by atoms with van der Waals surface area (Å²) >= 11 is 0. The molecule has 0 atom stereocenters. The van der Waals surface area contributed by atoms with Crippen molar-refractivity contribution in [1.82, 2.24) is 0 Å². The number of nitro groups is 1. The van der Waals surface area contributed by atoms with Crippen molar-refractivity contribution in [3.63, 3.8) is 0 Å². The SMILES string of the molecule is COc1c(C)c(C)c2c(c1[N+](=O)[O-])CCC(C)(C)O2. The number of fused-ring (bicyclic) bond motifs is 1. The molecule has 0 bridgehead atoms. The van der Waals surface area contributed by atoms with Gasteiger partial charge in [0.05, 0.1) is 17.6 Å². The molecule has 19 heavy (non-hydrogen) atoms. The summed E-state index contributed by atoms with van der Waals surface area (Å²) in [6.07, 6.45) is 1.39. The number of hydrogen-bond acceptors (Lipinski definition) is 4. The zero-order valence-corrected chi connectivity index (χ0v) is 12.0. The molecule has 0 saturated heterocycles. The van der Waals surface area contributed by atoms with E-state index in [-0.39, 0.29) is 16.2 Å². The number of ether oxygens (including phenoxy) is 2. The van der Waals surface area contributed by atoms with Crippen LogP contribution in [0.1, 0.15) is 37.0 Å². The Kier molecular flexibility index (Phi) is 3.16. The zero-order valence-electron chi connectivity index (χ0n) is 12.0. The van der Waals surface area contributed by atoms with Gasteiger partial charge in [0.2, 0.25) is 5.75 Å². The van der Waals surface area contributed by atoms with Crippen LogP contribution in [0.5, 0.6) is 11.5 Å². The van der Waals surface area contributed by atoms with E-state index in [0.29, 0.717) is 23.5 Å². The molecule has 0 amide bonds. The number of rotatable bonds is 2. The Balaban J connectivity index is 2.75. The third-order valence-corrected chi connectivity index (χ3v) is 3.76. The highest BCUT2D eigenvalue weighted by atomic mass is 16.6. The van der Waals surface area contributed by atoms with Gasteiger partial charge in [0.1, 0.15) is 11.4 Å². The minimum Gasteiger partial charge on any atom is -0.490 e. The summed E-state index contributed by atoms with van der Waals surface area (Å²) in [5.74, 6) is 1.01. The number of methoxy groups -OCH3 is 1. The Bertz CT molecular complexity index is 549. The minimum atomic E-state index is -0.369. The minimum absolute atomic E-state index is 0.0519. The van der Waals surface area contributed by atoms with Crippen LogP contribution >= 0.6 is 0 Å². The fourth-order valence-corrected chi connectivity index (χ4v) is 2.56. The molecular formula is C14H19NO4. The molecule has 5 heteroatoms. The van der Waals surface area contributed by atoms with Gasteiger partial charge in [-0.2, -0.15) is 0 Å². The highest BCUT2D eigenvalue weighted by Gasteiger charge is 2.36. The van der Waals surface area contributed by atoms with Crippen LogP contribution in [0.3, 0.4) is 0 Å². The van der Waals surface area contributed by atoms with E-state index < -0.39 is 0 Å². The van der Waals surface area contributed by atoms with Gasteiger partial charge in [0, 0.05) is 5.56 Å². The van der Waals surface area contributed by atoms with Gasteiger partial charge in [0.15, 0.2) is 0 Å². The molecule has 0 unspecified atom stereocenters. The maximum absolute atomic E-state index is 11.3. The maximum Gasteiger partial charge on any atom is 0.318 e. The van der Waals surface area contributed by atoms with Gasteiger partial charge in [-0.15, -0.1) is 0 Å². The summed E-state index contributed by atoms with van der Waals surface area (Å²) in [6, 6.07) is 0. The Morgan fingerprint density at radius 1 is 1.32 bits per heavy atom. The van der Waals surface area contributed by atoms with Gasteiger partial charge in [-0.05, 0) is 46.1 Å². The first kappa shape index (κ1) is 13.6. The van der Waals surface area contributed by atoms with Crippen molar-refractivity contribution in [2.75, 3.05) is 7.11 Å². The van der Waals surface area contributed by atoms with Gasteiger partial charge >= 0.3 is 5.69 Å². The summed E-state index contributed by atoms with van der Waals surface area (Å²) < 4.78 is 11.2. The largest absolute Gasteiger partial charge is 0.490 e. The summed E-state index contributed by atoms with van der Waals surface area (Å²) in [7, 11) is 1.47. The predicted octanol–water partition coefficient (Wildman–Crippen LogP) is 3.32. The zero-order chi connectivity index (χ0) is 14.4. The molecule has 104 valence electrons. The van der Waals surface area contributed by atoms with Crippen molar-refractivity contribution in [3.8, 4) is 11.5 Å². The number of nitro benzene ring substituents is 1. The molecular weight excluding hydrogens is 246 g/mol. The van der Waals surface area contributed by atoms with Crippen LogP contribution in [0, 0.1) is 24.0 Å². The van der Waals surface area contributed by atoms with Crippen LogP contribution < -0.4 is 9.47 Å². The van der Waals surface area contributed by atoms with Crippen molar-refractivity contribution in [1.29, 1.82) is 0 Å². The smallest absolute Gasteiger partial charge is 0.318 e. The molecule has 0 aromatic heterocycles. The predicted molar refractivity (Wildman–Crippen MR) is 72.2 cm³/mol. The first-order valence-electron chi connectivity index (χ1n) is 6.32. The monoisotopic (exact) mass is 265 g/mol. The molecule has 5 nitrogen and oxygen atoms in total. The lowest BCUT2D eigenvalue weighted by atomic mass is 9.90. The maximum atomic E-state index is 11.3. The fourth-order valence-electron chi connectivity index (χ4n) is 2.56. The molecule has 2 rings (SSSR count). The first-order chi connectivity index (χ1) is 8.78. The van der Waals surface area contributed by atoms with E-state index in [2.05, 4.69) is 0 Å². The lowest BCUT2D eigenvalue weighted by molar-refractivity contribution is -0.386. The van der Waals surface area contributed by atoms with Crippen LogP contribution in [-0.2, 0) is 6.42 Å². The molecule has 1 aromatic rings. The molecule has 1 heterocycles. The number of benzene rings is 1. The third-order valence-electron chi connectivity index (χ3n) is 3.76. The van der Waals surface area contributed by atoms with Gasteiger partial charge in [-0.3, -0.25) is 10.1 Å². The van der Waals surface area contributed by atoms with Gasteiger partial charge in [-0.1, -0.05) is 0 Å². The molecule has 0 N–H and O–H groups in total. The van der Waals surface area contributed by atoms with Gasteiger partial charge in [-0.25, -0.2) is 0 Å². The topological polar surface area (TPSA) is 61.6 Å². The van der Waals surface area contributed by atoms with E-state index in [1.807, 2.05) is 27.7 Å². The Hall–Kier alpha value is -1.78. The van der Waals surface area contributed by atoms with E-state index in [9.17, 15) is 10.1 Å². The first-order valence-corrected chi connectivity index (χ1v) is 6.32. The normalized spacial score (nSPS) is 16.5. The van der Waals surface area contributed by atoms with Crippen molar-refractivity contribution in [2.45, 2.75) is 46.1 Å². The average Bonchev–Trinajstić information content (AvgIpc) is 2.32. The molecule has 1 aromatic carbocycles. The number of nitrogens with zero attached hydrogens (tertiary/aromatic N) is 1. The second-order valence-corrected chi connectivity index (χ2v) is 5.56. The Labute approximate surface area is 112 Å². The molecule has 1 aliphatic heterocycles. The highest BCUT2D eigenvalue weighted by molar-refractivity contribution is 5.67. The second kappa shape index (κ2) is 4.40. The molecule has 1 aliphatic rings. The second-order valence-electron chi connectivity index (χ2n) is 5.56. The molecule has 0 radical (unpaired) electrons. The van der Waals surface area contributed by atoms with Gasteiger partial charge in [0.25, 0.3) is 0 Å². The molecule has 0 fully saturated rings. The Morgan fingerprint density at radius 2 is 1.95 bits per heavy atom. The van der Waals surface area contributed by atoms with E-state index in [0.717, 1.165) is 17.5 Å². The number of hydrogen-bond donors (Lipinski definition) is 0. The molecule has 0 spiro atoms. The van der Waals surface area contributed by atoms with Crippen LogP contribution in [0.15, 0.2) is 0 Å². The lowest BCUT2D eigenvalue weighted by Gasteiger charge is -2.34. The third kappa shape index (κ3) is 2.13. The summed E-state index contributed by atoms with van der Waals surface area (Å²) in [5, 5.41) is 11.3. The van der Waals surface area contributed by atoms with E-state index in [1.165, 1.54) is 7.11 Å². The quantitative estimate of drug-likeness (QED) is 0.608. The van der Waals surface area contributed by atoms with Crippen molar-refractivity contribution >= 4 is 5.69 Å².